The SMILES string of the molecule is CN(C)c1ncc(-c2cc(C(=O)N3CCCCO3)n(CC3CC3)c2)cn1.O=C(O)C(F)(F)F. The van der Waals surface area contributed by atoms with Gasteiger partial charge in [0.05, 0.1) is 6.61 Å². The molecular weight excluding hydrogens is 443 g/mol. The number of carboxylic acids is 1. The quantitative estimate of drug-likeness (QED) is 0.718. The summed E-state index contributed by atoms with van der Waals surface area (Å²) in [5, 5.41) is 8.64. The number of halogens is 3. The molecule has 0 spiro atoms. The second-order valence-electron chi connectivity index (χ2n) is 8.13. The normalized spacial score (nSPS) is 16.1. The van der Waals surface area contributed by atoms with Gasteiger partial charge in [0.1, 0.15) is 5.69 Å². The van der Waals surface area contributed by atoms with Gasteiger partial charge in [-0.3, -0.25) is 9.63 Å². The number of hydroxylamine groups is 2. The van der Waals surface area contributed by atoms with Crippen LogP contribution in [0.2, 0.25) is 0 Å². The molecule has 2 aromatic rings. The van der Waals surface area contributed by atoms with Gasteiger partial charge in [-0.05, 0) is 37.7 Å². The van der Waals surface area contributed by atoms with Gasteiger partial charge in [0, 0.05) is 56.9 Å². The number of nitrogens with zero attached hydrogens (tertiary/aromatic N) is 5. The van der Waals surface area contributed by atoms with E-state index in [0.29, 0.717) is 30.7 Å². The average molecular weight is 469 g/mol. The van der Waals surface area contributed by atoms with E-state index in [1.165, 1.54) is 17.9 Å². The molecule has 2 aliphatic rings. The van der Waals surface area contributed by atoms with Crippen molar-refractivity contribution < 1.29 is 32.7 Å². The minimum Gasteiger partial charge on any atom is -0.475 e. The fourth-order valence-electron chi connectivity index (χ4n) is 3.16. The van der Waals surface area contributed by atoms with Gasteiger partial charge in [-0.1, -0.05) is 0 Å². The number of hydrogen-bond acceptors (Lipinski definition) is 6. The van der Waals surface area contributed by atoms with Gasteiger partial charge in [-0.2, -0.15) is 13.2 Å². The molecule has 12 heteroatoms. The van der Waals surface area contributed by atoms with E-state index in [9.17, 15) is 18.0 Å². The topological polar surface area (TPSA) is 101 Å². The summed E-state index contributed by atoms with van der Waals surface area (Å²) >= 11 is 0. The van der Waals surface area contributed by atoms with E-state index in [1.807, 2.05) is 43.7 Å². The van der Waals surface area contributed by atoms with Crippen molar-refractivity contribution in [2.45, 2.75) is 38.4 Å². The molecule has 2 aromatic heterocycles. The van der Waals surface area contributed by atoms with Crippen molar-refractivity contribution in [3.05, 3.63) is 30.4 Å². The molecule has 1 aliphatic heterocycles. The Bertz CT molecular complexity index is 965. The Hall–Kier alpha value is -3.15. The fraction of sp³-hybridized carbons (Fsp3) is 0.524. The van der Waals surface area contributed by atoms with E-state index in [4.69, 9.17) is 14.7 Å². The minimum absolute atomic E-state index is 0.0533. The number of rotatable bonds is 5. The summed E-state index contributed by atoms with van der Waals surface area (Å²) in [4.78, 5) is 38.1. The number of carbonyl (C=O) groups excluding carboxylic acids is 1. The lowest BCUT2D eigenvalue weighted by Crippen LogP contribution is -2.36. The van der Waals surface area contributed by atoms with Crippen molar-refractivity contribution in [1.29, 1.82) is 0 Å². The van der Waals surface area contributed by atoms with Crippen LogP contribution in [0.3, 0.4) is 0 Å². The van der Waals surface area contributed by atoms with E-state index < -0.39 is 12.1 Å². The molecule has 1 amide bonds. The molecule has 1 saturated heterocycles. The van der Waals surface area contributed by atoms with Gasteiger partial charge in [0.2, 0.25) is 5.95 Å². The van der Waals surface area contributed by atoms with Gasteiger partial charge in [-0.25, -0.2) is 19.8 Å². The third kappa shape index (κ3) is 6.67. The highest BCUT2D eigenvalue weighted by molar-refractivity contribution is 5.93. The highest BCUT2D eigenvalue weighted by Gasteiger charge is 2.38. The number of alkyl halides is 3. The molecule has 0 aromatic carbocycles. The molecule has 0 radical (unpaired) electrons. The van der Waals surface area contributed by atoms with Gasteiger partial charge in [0.25, 0.3) is 5.91 Å². The maximum absolute atomic E-state index is 13.0. The molecule has 0 bridgehead atoms. The summed E-state index contributed by atoms with van der Waals surface area (Å²) in [5.74, 6) is -1.46. The van der Waals surface area contributed by atoms with Crippen molar-refractivity contribution in [3.8, 4) is 11.1 Å². The van der Waals surface area contributed by atoms with E-state index in [0.717, 1.165) is 30.5 Å². The predicted octanol–water partition coefficient (Wildman–Crippen LogP) is 3.22. The Balaban J connectivity index is 0.000000383. The van der Waals surface area contributed by atoms with E-state index in [2.05, 4.69) is 14.5 Å². The van der Waals surface area contributed by atoms with Gasteiger partial charge < -0.3 is 14.6 Å². The number of anilines is 1. The molecule has 1 aliphatic carbocycles. The Labute approximate surface area is 188 Å². The lowest BCUT2D eigenvalue weighted by atomic mass is 10.2. The van der Waals surface area contributed by atoms with Gasteiger partial charge in [0.15, 0.2) is 0 Å². The zero-order chi connectivity index (χ0) is 24.2. The standard InChI is InChI=1S/C19H25N5O2.C2HF3O2/c1-22(2)19-20-10-16(11-21-19)15-9-17(23(13-15)12-14-5-6-14)18(25)24-7-3-4-8-26-24;3-2(4,5)1(6)7/h9-11,13-14H,3-8,12H2,1-2H3;(H,6,7). The molecule has 4 rings (SSSR count). The molecule has 9 nitrogen and oxygen atoms in total. The molecule has 2 fully saturated rings. The van der Waals surface area contributed by atoms with Crippen LogP contribution >= 0.6 is 0 Å². The van der Waals surface area contributed by atoms with Crippen LogP contribution in [0.25, 0.3) is 11.1 Å². The van der Waals surface area contributed by atoms with Crippen LogP contribution in [0, 0.1) is 5.92 Å². The third-order valence-corrected chi connectivity index (χ3v) is 5.11. The minimum atomic E-state index is -5.08. The zero-order valence-corrected chi connectivity index (χ0v) is 18.4. The second-order valence-corrected chi connectivity index (χ2v) is 8.13. The van der Waals surface area contributed by atoms with Crippen LogP contribution in [-0.4, -0.2) is 70.0 Å². The summed E-state index contributed by atoms with van der Waals surface area (Å²) in [7, 11) is 3.83. The third-order valence-electron chi connectivity index (χ3n) is 5.11. The number of amides is 1. The summed E-state index contributed by atoms with van der Waals surface area (Å²) in [6, 6.07) is 1.94. The first-order valence-corrected chi connectivity index (χ1v) is 10.5. The summed E-state index contributed by atoms with van der Waals surface area (Å²) < 4.78 is 33.8. The first kappa shape index (κ1) is 24.5. The van der Waals surface area contributed by atoms with Gasteiger partial charge >= 0.3 is 12.1 Å². The lowest BCUT2D eigenvalue weighted by molar-refractivity contribution is -0.192. The molecule has 0 atom stereocenters. The smallest absolute Gasteiger partial charge is 0.475 e. The molecule has 180 valence electrons. The Kier molecular flexibility index (Phi) is 7.57. The molecule has 33 heavy (non-hydrogen) atoms. The molecule has 3 heterocycles. The van der Waals surface area contributed by atoms with Crippen molar-refractivity contribution in [2.75, 3.05) is 32.1 Å². The Morgan fingerprint density at radius 1 is 1.18 bits per heavy atom. The van der Waals surface area contributed by atoms with E-state index in [1.54, 1.807) is 0 Å². The highest BCUT2D eigenvalue weighted by Crippen LogP contribution is 2.33. The van der Waals surface area contributed by atoms with Crippen molar-refractivity contribution in [1.82, 2.24) is 19.6 Å². The number of hydrogen-bond donors (Lipinski definition) is 1. The van der Waals surface area contributed by atoms with Crippen molar-refractivity contribution in [2.24, 2.45) is 5.92 Å². The number of carboxylic acid groups (broad SMARTS) is 1. The first-order chi connectivity index (χ1) is 15.6. The maximum atomic E-state index is 13.0. The second kappa shape index (κ2) is 10.2. The largest absolute Gasteiger partial charge is 0.490 e. The number of carbonyl (C=O) groups is 2. The monoisotopic (exact) mass is 469 g/mol. The number of aliphatic carboxylic acids is 1. The maximum Gasteiger partial charge on any atom is 0.490 e. The average Bonchev–Trinajstić information content (AvgIpc) is 3.50. The Morgan fingerprint density at radius 2 is 1.82 bits per heavy atom. The van der Waals surface area contributed by atoms with Crippen LogP contribution in [0.1, 0.15) is 36.2 Å². The Morgan fingerprint density at radius 3 is 2.30 bits per heavy atom. The predicted molar refractivity (Wildman–Crippen MR) is 112 cm³/mol. The van der Waals surface area contributed by atoms with E-state index >= 15 is 0 Å². The molecule has 1 saturated carbocycles. The van der Waals surface area contributed by atoms with Crippen LogP contribution < -0.4 is 4.90 Å². The van der Waals surface area contributed by atoms with E-state index in [-0.39, 0.29) is 5.91 Å². The summed E-state index contributed by atoms with van der Waals surface area (Å²) in [6.07, 6.45) is 5.05. The molecule has 0 unspecified atom stereocenters. The van der Waals surface area contributed by atoms with Crippen molar-refractivity contribution in [3.63, 3.8) is 0 Å². The summed E-state index contributed by atoms with van der Waals surface area (Å²) in [5.41, 5.74) is 2.57. The van der Waals surface area contributed by atoms with Crippen molar-refractivity contribution >= 4 is 17.8 Å². The number of aromatic nitrogens is 3. The zero-order valence-electron chi connectivity index (χ0n) is 18.4. The van der Waals surface area contributed by atoms with Crippen LogP contribution in [-0.2, 0) is 16.2 Å². The van der Waals surface area contributed by atoms with Crippen LogP contribution in [0.15, 0.2) is 24.7 Å². The van der Waals surface area contributed by atoms with Crippen LogP contribution in [0.4, 0.5) is 19.1 Å². The lowest BCUT2D eigenvalue weighted by Gasteiger charge is -2.26. The first-order valence-electron chi connectivity index (χ1n) is 10.5. The fourth-order valence-corrected chi connectivity index (χ4v) is 3.16. The van der Waals surface area contributed by atoms with Crippen LogP contribution in [0.5, 0.6) is 0 Å². The summed E-state index contributed by atoms with van der Waals surface area (Å²) in [6.45, 7) is 2.15. The van der Waals surface area contributed by atoms with Gasteiger partial charge in [-0.15, -0.1) is 0 Å². The molecule has 1 N–H and O–H groups in total. The highest BCUT2D eigenvalue weighted by atomic mass is 19.4. The molecular formula is C21H26F3N5O4.